The second-order valence-corrected chi connectivity index (χ2v) is 12.3. The molecule has 0 aliphatic heterocycles. The molecule has 0 fully saturated rings. The van der Waals surface area contributed by atoms with E-state index < -0.39 is 15.9 Å². The summed E-state index contributed by atoms with van der Waals surface area (Å²) in [6, 6.07) is 19.4. The second kappa shape index (κ2) is 11.0. The molecular formula is C28H32BrNO4S. The largest absolute Gasteiger partial charge is 0.492 e. The van der Waals surface area contributed by atoms with Crippen molar-refractivity contribution >= 4 is 37.5 Å². The van der Waals surface area contributed by atoms with E-state index in [0.717, 1.165) is 19.9 Å². The number of carbonyl (C=O) groups is 1. The molecule has 0 bridgehead atoms. The standard InChI is InChI=1S/C28H32BrNO4S/c1-20-8-13-23(14-9-20)30(35(32,33)24-15-10-21(2)11-16-24)27(31)7-6-18-34-26-17-12-22(19-25(26)29)28(3,4)5/h8-17,19H,6-7,18H2,1-5H3. The fourth-order valence-electron chi connectivity index (χ4n) is 3.50. The van der Waals surface area contributed by atoms with E-state index in [0.29, 0.717) is 17.9 Å². The number of anilines is 1. The van der Waals surface area contributed by atoms with Gasteiger partial charge < -0.3 is 4.74 Å². The summed E-state index contributed by atoms with van der Waals surface area (Å²) in [5.74, 6) is 0.188. The molecule has 0 aliphatic carbocycles. The van der Waals surface area contributed by atoms with Crippen molar-refractivity contribution in [2.24, 2.45) is 0 Å². The number of ether oxygens (including phenoxy) is 1. The zero-order valence-electron chi connectivity index (χ0n) is 20.8. The molecule has 0 aromatic heterocycles. The third-order valence-corrected chi connectivity index (χ3v) is 8.03. The van der Waals surface area contributed by atoms with E-state index in [-0.39, 0.29) is 23.3 Å². The Bertz CT molecular complexity index is 1280. The van der Waals surface area contributed by atoms with Crippen LogP contribution in [-0.2, 0) is 20.2 Å². The molecule has 0 N–H and O–H groups in total. The third kappa shape index (κ3) is 6.73. The van der Waals surface area contributed by atoms with Gasteiger partial charge in [-0.1, -0.05) is 62.2 Å². The van der Waals surface area contributed by atoms with E-state index in [1.807, 2.05) is 32.0 Å². The highest BCUT2D eigenvalue weighted by Crippen LogP contribution is 2.32. The van der Waals surface area contributed by atoms with E-state index in [1.54, 1.807) is 36.4 Å². The molecule has 0 unspecified atom stereocenters. The third-order valence-electron chi connectivity index (χ3n) is 5.64. The van der Waals surface area contributed by atoms with Crippen LogP contribution in [0.3, 0.4) is 0 Å². The first-order valence-electron chi connectivity index (χ1n) is 11.5. The Morgan fingerprint density at radius 3 is 2.03 bits per heavy atom. The van der Waals surface area contributed by atoms with Gasteiger partial charge in [-0.3, -0.25) is 4.79 Å². The molecule has 0 spiro atoms. The maximum Gasteiger partial charge on any atom is 0.270 e. The van der Waals surface area contributed by atoms with Crippen molar-refractivity contribution < 1.29 is 17.9 Å². The molecule has 0 aliphatic rings. The number of rotatable bonds is 8. The molecule has 3 rings (SSSR count). The molecule has 3 aromatic rings. The lowest BCUT2D eigenvalue weighted by Crippen LogP contribution is -2.37. The average molecular weight is 559 g/mol. The van der Waals surface area contributed by atoms with Crippen molar-refractivity contribution in [2.75, 3.05) is 10.9 Å². The van der Waals surface area contributed by atoms with Gasteiger partial charge in [-0.2, -0.15) is 0 Å². The van der Waals surface area contributed by atoms with E-state index in [2.05, 4.69) is 36.7 Å². The molecule has 3 aromatic carbocycles. The predicted molar refractivity (Wildman–Crippen MR) is 145 cm³/mol. The van der Waals surface area contributed by atoms with Crippen molar-refractivity contribution in [3.63, 3.8) is 0 Å². The highest BCUT2D eigenvalue weighted by Gasteiger charge is 2.30. The van der Waals surface area contributed by atoms with Gasteiger partial charge in [-0.25, -0.2) is 12.7 Å². The second-order valence-electron chi connectivity index (χ2n) is 9.66. The number of hydrogen-bond donors (Lipinski definition) is 0. The summed E-state index contributed by atoms with van der Waals surface area (Å²) in [4.78, 5) is 13.3. The Morgan fingerprint density at radius 1 is 0.914 bits per heavy atom. The Labute approximate surface area is 217 Å². The normalized spacial score (nSPS) is 11.8. The zero-order chi connectivity index (χ0) is 25.8. The van der Waals surface area contributed by atoms with Crippen LogP contribution < -0.4 is 9.04 Å². The monoisotopic (exact) mass is 557 g/mol. The van der Waals surface area contributed by atoms with Gasteiger partial charge in [0.1, 0.15) is 5.75 Å². The van der Waals surface area contributed by atoms with Crippen molar-refractivity contribution in [3.05, 3.63) is 87.9 Å². The molecule has 0 saturated carbocycles. The first-order valence-corrected chi connectivity index (χ1v) is 13.8. The van der Waals surface area contributed by atoms with Crippen LogP contribution in [0.15, 0.2) is 76.1 Å². The molecule has 7 heteroatoms. The van der Waals surface area contributed by atoms with Crippen LogP contribution in [0.4, 0.5) is 5.69 Å². The van der Waals surface area contributed by atoms with Gasteiger partial charge in [0.2, 0.25) is 5.91 Å². The average Bonchev–Trinajstić information content (AvgIpc) is 2.78. The molecule has 0 saturated heterocycles. The maximum absolute atomic E-state index is 13.4. The van der Waals surface area contributed by atoms with Crippen LogP contribution in [0.1, 0.15) is 50.3 Å². The Hall–Kier alpha value is -2.64. The van der Waals surface area contributed by atoms with Crippen molar-refractivity contribution in [1.82, 2.24) is 0 Å². The SMILES string of the molecule is Cc1ccc(N(C(=O)CCCOc2ccc(C(C)(C)C)cc2Br)S(=O)(=O)c2ccc(C)cc2)cc1. The predicted octanol–water partition coefficient (Wildman–Crippen LogP) is 6.94. The highest BCUT2D eigenvalue weighted by atomic mass is 79.9. The maximum atomic E-state index is 13.4. The lowest BCUT2D eigenvalue weighted by Gasteiger charge is -2.23. The molecule has 5 nitrogen and oxygen atoms in total. The van der Waals surface area contributed by atoms with E-state index in [4.69, 9.17) is 4.74 Å². The van der Waals surface area contributed by atoms with Crippen LogP contribution in [0.25, 0.3) is 0 Å². The van der Waals surface area contributed by atoms with Gasteiger partial charge >= 0.3 is 0 Å². The lowest BCUT2D eigenvalue weighted by atomic mass is 9.87. The minimum absolute atomic E-state index is 0.0237. The van der Waals surface area contributed by atoms with E-state index >= 15 is 0 Å². The summed E-state index contributed by atoms with van der Waals surface area (Å²) in [5, 5.41) is 0. The molecule has 1 amide bonds. The van der Waals surface area contributed by atoms with Crippen LogP contribution in [0.2, 0.25) is 0 Å². The van der Waals surface area contributed by atoms with Crippen molar-refractivity contribution in [1.29, 1.82) is 0 Å². The Morgan fingerprint density at radius 2 is 1.49 bits per heavy atom. The number of benzene rings is 3. The van der Waals surface area contributed by atoms with Crippen molar-refractivity contribution in [3.8, 4) is 5.75 Å². The molecule has 0 radical (unpaired) electrons. The fourth-order valence-corrected chi connectivity index (χ4v) is 5.45. The fraction of sp³-hybridized carbons (Fsp3) is 0.321. The molecular weight excluding hydrogens is 526 g/mol. The minimum atomic E-state index is -4.06. The quantitative estimate of drug-likeness (QED) is 0.281. The van der Waals surface area contributed by atoms with Gasteiger partial charge in [0.25, 0.3) is 10.0 Å². The smallest absolute Gasteiger partial charge is 0.270 e. The number of halogens is 1. The van der Waals surface area contributed by atoms with Crippen LogP contribution >= 0.6 is 15.9 Å². The molecule has 0 heterocycles. The Kier molecular flexibility index (Phi) is 8.44. The summed E-state index contributed by atoms with van der Waals surface area (Å²) in [5.41, 5.74) is 3.45. The number of amides is 1. The van der Waals surface area contributed by atoms with Crippen LogP contribution in [0.5, 0.6) is 5.75 Å². The Balaban J connectivity index is 1.74. The van der Waals surface area contributed by atoms with Crippen molar-refractivity contribution in [2.45, 2.75) is 57.8 Å². The number of sulfonamides is 1. The molecule has 186 valence electrons. The number of nitrogens with zero attached hydrogens (tertiary/aromatic N) is 1. The first kappa shape index (κ1) is 27.0. The summed E-state index contributed by atoms with van der Waals surface area (Å²) in [7, 11) is -4.06. The summed E-state index contributed by atoms with van der Waals surface area (Å²) in [6.45, 7) is 10.5. The van der Waals surface area contributed by atoms with Gasteiger partial charge in [0.15, 0.2) is 0 Å². The van der Waals surface area contributed by atoms with E-state index in [1.165, 1.54) is 17.7 Å². The number of aryl methyl sites for hydroxylation is 2. The zero-order valence-corrected chi connectivity index (χ0v) is 23.2. The van der Waals surface area contributed by atoms with Gasteiger partial charge in [-0.05, 0) is 83.6 Å². The van der Waals surface area contributed by atoms with Gasteiger partial charge in [0.05, 0.1) is 21.7 Å². The highest BCUT2D eigenvalue weighted by molar-refractivity contribution is 9.10. The number of hydrogen-bond acceptors (Lipinski definition) is 4. The lowest BCUT2D eigenvalue weighted by molar-refractivity contribution is -0.117. The van der Waals surface area contributed by atoms with Gasteiger partial charge in [-0.15, -0.1) is 0 Å². The summed E-state index contributed by atoms with van der Waals surface area (Å²) in [6.07, 6.45) is 0.398. The van der Waals surface area contributed by atoms with Crippen LogP contribution in [-0.4, -0.2) is 20.9 Å². The molecule has 0 atom stereocenters. The first-order chi connectivity index (χ1) is 16.4. The topological polar surface area (TPSA) is 63.7 Å². The van der Waals surface area contributed by atoms with E-state index in [9.17, 15) is 13.2 Å². The summed E-state index contributed by atoms with van der Waals surface area (Å²) < 4.78 is 34.5. The summed E-state index contributed by atoms with van der Waals surface area (Å²) >= 11 is 3.56. The minimum Gasteiger partial charge on any atom is -0.492 e. The number of carbonyl (C=O) groups excluding carboxylic acids is 1. The molecule has 35 heavy (non-hydrogen) atoms. The van der Waals surface area contributed by atoms with Crippen LogP contribution in [0, 0.1) is 13.8 Å². The van der Waals surface area contributed by atoms with Gasteiger partial charge in [0, 0.05) is 6.42 Å².